The number of Topliss-reactive ketones (excluding diaryl/α,β-unsaturated/α-hetero) is 2. The Balaban J connectivity index is 2.33. The molecule has 0 unspecified atom stereocenters. The Hall–Kier alpha value is -2.57. The van der Waals surface area contributed by atoms with Crippen LogP contribution in [0.2, 0.25) is 0 Å². The van der Waals surface area contributed by atoms with Gasteiger partial charge in [-0.05, 0) is 13.3 Å². The highest BCUT2D eigenvalue weighted by Gasteiger charge is 2.31. The first-order chi connectivity index (χ1) is 10.7. The molecule has 1 aliphatic carbocycles. The van der Waals surface area contributed by atoms with Crippen molar-refractivity contribution in [1.82, 2.24) is 9.55 Å². The maximum absolute atomic E-state index is 13.4. The van der Waals surface area contributed by atoms with Crippen molar-refractivity contribution < 1.29 is 20.5 Å². The van der Waals surface area contributed by atoms with Gasteiger partial charge in [-0.1, -0.05) is 0 Å². The van der Waals surface area contributed by atoms with E-state index < -0.39 is 35.3 Å². The van der Waals surface area contributed by atoms with Gasteiger partial charge in [0, 0.05) is 18.6 Å². The summed E-state index contributed by atoms with van der Waals surface area (Å²) in [6.07, 6.45) is -0.544. The zero-order chi connectivity index (χ0) is 16.9. The predicted molar refractivity (Wildman–Crippen MR) is 75.3 cm³/mol. The van der Waals surface area contributed by atoms with Crippen molar-refractivity contribution >= 4 is 22.5 Å². The number of hydrogen-bond donors (Lipinski definition) is 1. The molecule has 114 valence electrons. The zero-order valence-electron chi connectivity index (χ0n) is 12.7. The average molecular weight is 305 g/mol. The summed E-state index contributed by atoms with van der Waals surface area (Å²) in [5, 5.41) is 9.59. The molecule has 1 aromatic carbocycles. The van der Waals surface area contributed by atoms with Gasteiger partial charge < -0.3 is 5.11 Å². The molecule has 1 atom stereocenters. The van der Waals surface area contributed by atoms with Crippen LogP contribution < -0.4 is 5.56 Å². The van der Waals surface area contributed by atoms with Crippen LogP contribution in [-0.4, -0.2) is 26.2 Å². The van der Waals surface area contributed by atoms with Crippen LogP contribution in [0, 0.1) is 12.7 Å². The number of aromatic nitrogens is 2. The summed E-state index contributed by atoms with van der Waals surface area (Å²) >= 11 is 0. The minimum absolute atomic E-state index is 0.00849. The Morgan fingerprint density at radius 2 is 2.14 bits per heavy atom. The number of halogens is 1. The molecule has 0 bridgehead atoms. The van der Waals surface area contributed by atoms with E-state index in [0.717, 1.165) is 16.7 Å². The first-order valence-electron chi connectivity index (χ1n) is 7.21. The number of nitrogens with zero attached hydrogens (tertiary/aromatic N) is 2. The topological polar surface area (TPSA) is 89.3 Å². The van der Waals surface area contributed by atoms with Gasteiger partial charge in [-0.3, -0.25) is 19.0 Å². The molecule has 7 heteroatoms. The van der Waals surface area contributed by atoms with E-state index in [1.54, 1.807) is 0 Å². The van der Waals surface area contributed by atoms with E-state index in [4.69, 9.17) is 1.37 Å². The summed E-state index contributed by atoms with van der Waals surface area (Å²) in [4.78, 5) is 40.3. The minimum Gasteiger partial charge on any atom is -0.507 e. The summed E-state index contributed by atoms with van der Waals surface area (Å²) in [7, 11) is 0. The van der Waals surface area contributed by atoms with Gasteiger partial charge in [0.05, 0.1) is 19.3 Å². The van der Waals surface area contributed by atoms with Crippen molar-refractivity contribution in [2.24, 2.45) is 0 Å². The SMILES string of the molecule is [2H][C@]1(n2c(C)nc3cc(F)cc(O)c3c2=O)CCC(=O)CC1=O. The van der Waals surface area contributed by atoms with E-state index in [2.05, 4.69) is 4.98 Å². The van der Waals surface area contributed by atoms with Gasteiger partial charge in [0.1, 0.15) is 28.6 Å². The standard InChI is InChI=1S/C15H13FN2O4/c1-7-17-10-4-8(16)5-13(21)14(10)15(22)18(7)11-3-2-9(19)6-12(11)20/h4-5,11,21H,2-3,6H2,1H3/t11-/m0/s1/i11D. The first-order valence-corrected chi connectivity index (χ1v) is 6.71. The lowest BCUT2D eigenvalue weighted by Crippen LogP contribution is -2.36. The lowest BCUT2D eigenvalue weighted by Gasteiger charge is -2.24. The van der Waals surface area contributed by atoms with Crippen LogP contribution in [0.5, 0.6) is 5.75 Å². The molecule has 0 aliphatic heterocycles. The number of benzene rings is 1. The normalized spacial score (nSPS) is 22.9. The van der Waals surface area contributed by atoms with Crippen LogP contribution in [0.4, 0.5) is 4.39 Å². The molecular weight excluding hydrogens is 291 g/mol. The van der Waals surface area contributed by atoms with Crippen molar-refractivity contribution in [1.29, 1.82) is 0 Å². The largest absolute Gasteiger partial charge is 0.507 e. The molecule has 1 saturated carbocycles. The fourth-order valence-corrected chi connectivity index (χ4v) is 2.69. The average Bonchev–Trinajstić information content (AvgIpc) is 2.42. The maximum atomic E-state index is 13.4. The number of carbonyl (C=O) groups is 2. The number of ketones is 2. The van der Waals surface area contributed by atoms with Crippen molar-refractivity contribution in [3.63, 3.8) is 0 Å². The van der Waals surface area contributed by atoms with Gasteiger partial charge in [-0.25, -0.2) is 9.37 Å². The van der Waals surface area contributed by atoms with Crippen LogP contribution >= 0.6 is 0 Å². The summed E-state index contributed by atoms with van der Waals surface area (Å²) in [5.41, 5.74) is -0.855. The highest BCUT2D eigenvalue weighted by atomic mass is 19.1. The Bertz CT molecular complexity index is 924. The van der Waals surface area contributed by atoms with Crippen LogP contribution in [0.15, 0.2) is 16.9 Å². The molecule has 22 heavy (non-hydrogen) atoms. The highest BCUT2D eigenvalue weighted by molar-refractivity contribution is 6.03. The number of hydrogen-bond acceptors (Lipinski definition) is 5. The molecular formula is C15H13FN2O4. The van der Waals surface area contributed by atoms with Crippen LogP contribution in [0.1, 0.15) is 32.5 Å². The van der Waals surface area contributed by atoms with E-state index in [1.165, 1.54) is 6.92 Å². The quantitative estimate of drug-likeness (QED) is 0.805. The lowest BCUT2D eigenvalue weighted by atomic mass is 9.92. The molecule has 0 spiro atoms. The lowest BCUT2D eigenvalue weighted by molar-refractivity contribution is -0.132. The number of rotatable bonds is 1. The smallest absolute Gasteiger partial charge is 0.265 e. The van der Waals surface area contributed by atoms with E-state index in [0.29, 0.717) is 0 Å². The van der Waals surface area contributed by atoms with Crippen molar-refractivity contribution in [2.75, 3.05) is 0 Å². The van der Waals surface area contributed by atoms with Crippen LogP contribution in [0.25, 0.3) is 10.9 Å². The molecule has 1 heterocycles. The number of phenols is 1. The maximum Gasteiger partial charge on any atom is 0.265 e. The van der Waals surface area contributed by atoms with E-state index >= 15 is 0 Å². The van der Waals surface area contributed by atoms with Gasteiger partial charge in [-0.2, -0.15) is 0 Å². The number of aryl methyl sites for hydroxylation is 1. The number of fused-ring (bicyclic) bond motifs is 1. The third-order valence-electron chi connectivity index (χ3n) is 3.67. The molecule has 1 aromatic heterocycles. The van der Waals surface area contributed by atoms with Crippen molar-refractivity contribution in [3.8, 4) is 5.75 Å². The van der Waals surface area contributed by atoms with Gasteiger partial charge in [-0.15, -0.1) is 0 Å². The van der Waals surface area contributed by atoms with Crippen molar-refractivity contribution in [3.05, 3.63) is 34.1 Å². The van der Waals surface area contributed by atoms with Gasteiger partial charge in [0.25, 0.3) is 5.56 Å². The van der Waals surface area contributed by atoms with E-state index in [9.17, 15) is 23.9 Å². The minimum atomic E-state index is -1.95. The number of carbonyl (C=O) groups excluding carboxylic acids is 2. The van der Waals surface area contributed by atoms with Gasteiger partial charge in [0.2, 0.25) is 0 Å². The molecule has 6 nitrogen and oxygen atoms in total. The Labute approximate surface area is 125 Å². The molecule has 0 radical (unpaired) electrons. The predicted octanol–water partition coefficient (Wildman–Crippen LogP) is 1.41. The summed E-state index contributed by atoms with van der Waals surface area (Å²) in [5.74, 6) is -2.28. The first kappa shape index (κ1) is 13.1. The molecule has 0 saturated heterocycles. The molecule has 3 rings (SSSR count). The molecule has 1 aliphatic rings. The van der Waals surface area contributed by atoms with Crippen LogP contribution in [0.3, 0.4) is 0 Å². The molecule has 0 amide bonds. The monoisotopic (exact) mass is 305 g/mol. The van der Waals surface area contributed by atoms with E-state index in [-0.39, 0.29) is 35.4 Å². The summed E-state index contributed by atoms with van der Waals surface area (Å²) in [6, 6.07) is -0.179. The Kier molecular flexibility index (Phi) is 2.99. The fourth-order valence-electron chi connectivity index (χ4n) is 2.69. The third kappa shape index (κ3) is 2.18. The van der Waals surface area contributed by atoms with Crippen molar-refractivity contribution in [2.45, 2.75) is 32.2 Å². The fraction of sp³-hybridized carbons (Fsp3) is 0.333. The van der Waals surface area contributed by atoms with Gasteiger partial charge in [0.15, 0.2) is 5.78 Å². The number of aromatic hydroxyl groups is 1. The zero-order valence-corrected chi connectivity index (χ0v) is 11.7. The summed E-state index contributed by atoms with van der Waals surface area (Å²) in [6.45, 7) is 1.42. The molecule has 1 fully saturated rings. The Morgan fingerprint density at radius 1 is 1.41 bits per heavy atom. The molecule has 2 aromatic rings. The number of phenolic OH excluding ortho intramolecular Hbond substituents is 1. The van der Waals surface area contributed by atoms with Crippen LogP contribution in [-0.2, 0) is 9.59 Å². The highest BCUT2D eigenvalue weighted by Crippen LogP contribution is 2.26. The second kappa shape index (κ2) is 5.01. The molecule has 1 N–H and O–H groups in total. The second-order valence-corrected chi connectivity index (χ2v) is 5.20. The second-order valence-electron chi connectivity index (χ2n) is 5.20. The third-order valence-corrected chi connectivity index (χ3v) is 3.67. The van der Waals surface area contributed by atoms with Gasteiger partial charge >= 0.3 is 0 Å². The van der Waals surface area contributed by atoms with E-state index in [1.807, 2.05) is 0 Å². The summed E-state index contributed by atoms with van der Waals surface area (Å²) < 4.78 is 22.6. The Morgan fingerprint density at radius 3 is 2.82 bits per heavy atom.